The molecule has 0 spiro atoms. The van der Waals surface area contributed by atoms with Crippen LogP contribution in [0.1, 0.15) is 33.1 Å². The lowest BCUT2D eigenvalue weighted by molar-refractivity contribution is -0.0708. The molecular formula is C13H19ClN2O. The predicted molar refractivity (Wildman–Crippen MR) is 70.5 cm³/mol. The van der Waals surface area contributed by atoms with Crippen molar-refractivity contribution in [3.63, 3.8) is 0 Å². The van der Waals surface area contributed by atoms with Crippen LogP contribution in [0.2, 0.25) is 5.15 Å². The average molecular weight is 255 g/mol. The molecule has 0 aromatic carbocycles. The topological polar surface area (TPSA) is 34.2 Å². The molecule has 2 unspecified atom stereocenters. The number of rotatable bonds is 3. The fourth-order valence-corrected chi connectivity index (χ4v) is 2.31. The highest BCUT2D eigenvalue weighted by molar-refractivity contribution is 6.29. The Balaban J connectivity index is 1.97. The Kier molecular flexibility index (Phi) is 3.89. The second kappa shape index (κ2) is 5.23. The van der Waals surface area contributed by atoms with Crippen molar-refractivity contribution in [1.29, 1.82) is 0 Å². The van der Waals surface area contributed by atoms with Gasteiger partial charge in [0, 0.05) is 12.6 Å². The van der Waals surface area contributed by atoms with Crippen molar-refractivity contribution in [2.75, 3.05) is 11.9 Å². The lowest BCUT2D eigenvalue weighted by Crippen LogP contribution is -2.41. The van der Waals surface area contributed by atoms with Gasteiger partial charge in [0.15, 0.2) is 0 Å². The second-order valence-corrected chi connectivity index (χ2v) is 5.24. The molecule has 0 amide bonds. The SMILES string of the molecule is CCC1(C)CC(Nc2ccc(Cl)nc2)CCO1. The minimum Gasteiger partial charge on any atom is -0.381 e. The lowest BCUT2D eigenvalue weighted by Gasteiger charge is -2.38. The van der Waals surface area contributed by atoms with Gasteiger partial charge in [-0.3, -0.25) is 0 Å². The highest BCUT2D eigenvalue weighted by Gasteiger charge is 2.31. The van der Waals surface area contributed by atoms with Crippen LogP contribution in [0.5, 0.6) is 0 Å². The Hall–Kier alpha value is -0.800. The van der Waals surface area contributed by atoms with E-state index in [1.165, 1.54) is 0 Å². The molecule has 1 aromatic heterocycles. The molecule has 1 N–H and O–H groups in total. The third-order valence-corrected chi connectivity index (χ3v) is 3.66. The highest BCUT2D eigenvalue weighted by atomic mass is 35.5. The van der Waals surface area contributed by atoms with E-state index < -0.39 is 0 Å². The molecule has 0 bridgehead atoms. The molecule has 0 aliphatic carbocycles. The van der Waals surface area contributed by atoms with Crippen molar-refractivity contribution in [1.82, 2.24) is 4.98 Å². The number of hydrogen-bond acceptors (Lipinski definition) is 3. The standard InChI is InChI=1S/C13H19ClN2O/c1-3-13(2)8-10(6-7-17-13)16-11-4-5-12(14)15-9-11/h4-5,9-10,16H,3,6-8H2,1-2H3. The fourth-order valence-electron chi connectivity index (χ4n) is 2.20. The van der Waals surface area contributed by atoms with E-state index >= 15 is 0 Å². The van der Waals surface area contributed by atoms with E-state index in [4.69, 9.17) is 16.3 Å². The Morgan fingerprint density at radius 3 is 3.06 bits per heavy atom. The van der Waals surface area contributed by atoms with E-state index in [1.54, 1.807) is 6.20 Å². The Bertz CT molecular complexity index is 368. The second-order valence-electron chi connectivity index (χ2n) is 4.86. The Labute approximate surface area is 108 Å². The zero-order chi connectivity index (χ0) is 12.3. The van der Waals surface area contributed by atoms with E-state index in [-0.39, 0.29) is 5.60 Å². The van der Waals surface area contributed by atoms with Gasteiger partial charge in [-0.05, 0) is 38.3 Å². The number of pyridine rings is 1. The third kappa shape index (κ3) is 3.33. The third-order valence-electron chi connectivity index (χ3n) is 3.44. The highest BCUT2D eigenvalue weighted by Crippen LogP contribution is 2.29. The summed E-state index contributed by atoms with van der Waals surface area (Å²) in [6, 6.07) is 4.23. The molecule has 0 saturated carbocycles. The first kappa shape index (κ1) is 12.7. The zero-order valence-corrected chi connectivity index (χ0v) is 11.1. The first-order valence-electron chi connectivity index (χ1n) is 6.13. The summed E-state index contributed by atoms with van der Waals surface area (Å²) >= 11 is 5.76. The maximum atomic E-state index is 5.82. The van der Waals surface area contributed by atoms with Crippen molar-refractivity contribution >= 4 is 17.3 Å². The van der Waals surface area contributed by atoms with Crippen LogP contribution in [0.15, 0.2) is 18.3 Å². The monoisotopic (exact) mass is 254 g/mol. The molecule has 1 aromatic rings. The van der Waals surface area contributed by atoms with Crippen molar-refractivity contribution in [2.24, 2.45) is 0 Å². The van der Waals surface area contributed by atoms with E-state index in [0.717, 1.165) is 31.6 Å². The van der Waals surface area contributed by atoms with Crippen LogP contribution in [0.4, 0.5) is 5.69 Å². The maximum Gasteiger partial charge on any atom is 0.129 e. The van der Waals surface area contributed by atoms with Gasteiger partial charge in [0.2, 0.25) is 0 Å². The summed E-state index contributed by atoms with van der Waals surface area (Å²) in [5, 5.41) is 4.03. The largest absolute Gasteiger partial charge is 0.381 e. The summed E-state index contributed by atoms with van der Waals surface area (Å²) in [7, 11) is 0. The van der Waals surface area contributed by atoms with Gasteiger partial charge in [0.05, 0.1) is 17.5 Å². The smallest absolute Gasteiger partial charge is 0.129 e. The van der Waals surface area contributed by atoms with Crippen molar-refractivity contribution < 1.29 is 4.74 Å². The molecule has 2 atom stereocenters. The molecule has 1 saturated heterocycles. The molecule has 0 radical (unpaired) electrons. The van der Waals surface area contributed by atoms with E-state index in [1.807, 2.05) is 12.1 Å². The predicted octanol–water partition coefficient (Wildman–Crippen LogP) is 3.49. The van der Waals surface area contributed by atoms with Gasteiger partial charge in [-0.2, -0.15) is 0 Å². The number of nitrogens with zero attached hydrogens (tertiary/aromatic N) is 1. The molecule has 4 heteroatoms. The summed E-state index contributed by atoms with van der Waals surface area (Å²) in [5.41, 5.74) is 1.04. The minimum atomic E-state index is 0.00969. The van der Waals surface area contributed by atoms with Crippen LogP contribution < -0.4 is 5.32 Å². The molecule has 94 valence electrons. The normalized spacial score (nSPS) is 29.0. The average Bonchev–Trinajstić information content (AvgIpc) is 2.32. The van der Waals surface area contributed by atoms with E-state index in [0.29, 0.717) is 11.2 Å². The van der Waals surface area contributed by atoms with Crippen LogP contribution in [0.25, 0.3) is 0 Å². The van der Waals surface area contributed by atoms with Gasteiger partial charge < -0.3 is 10.1 Å². The Morgan fingerprint density at radius 1 is 1.59 bits per heavy atom. The van der Waals surface area contributed by atoms with E-state index in [2.05, 4.69) is 24.1 Å². The summed E-state index contributed by atoms with van der Waals surface area (Å²) in [5.74, 6) is 0. The molecule has 1 fully saturated rings. The summed E-state index contributed by atoms with van der Waals surface area (Å²) in [6.45, 7) is 5.18. The molecular weight excluding hydrogens is 236 g/mol. The number of aromatic nitrogens is 1. The molecule has 2 heterocycles. The quantitative estimate of drug-likeness (QED) is 0.839. The fraction of sp³-hybridized carbons (Fsp3) is 0.615. The lowest BCUT2D eigenvalue weighted by atomic mass is 9.90. The minimum absolute atomic E-state index is 0.00969. The first-order valence-corrected chi connectivity index (χ1v) is 6.51. The summed E-state index contributed by atoms with van der Waals surface area (Å²) in [4.78, 5) is 4.07. The zero-order valence-electron chi connectivity index (χ0n) is 10.4. The van der Waals surface area contributed by atoms with Crippen LogP contribution in [-0.4, -0.2) is 23.2 Å². The van der Waals surface area contributed by atoms with Crippen LogP contribution >= 0.6 is 11.6 Å². The maximum absolute atomic E-state index is 5.82. The molecule has 17 heavy (non-hydrogen) atoms. The number of nitrogens with one attached hydrogen (secondary N) is 1. The number of hydrogen-bond donors (Lipinski definition) is 1. The molecule has 1 aliphatic rings. The summed E-state index contributed by atoms with van der Waals surface area (Å²) < 4.78 is 5.82. The van der Waals surface area contributed by atoms with Gasteiger partial charge in [-0.15, -0.1) is 0 Å². The molecule has 2 rings (SSSR count). The molecule has 1 aliphatic heterocycles. The van der Waals surface area contributed by atoms with Crippen molar-refractivity contribution in [3.8, 4) is 0 Å². The Morgan fingerprint density at radius 2 is 2.41 bits per heavy atom. The van der Waals surface area contributed by atoms with Crippen molar-refractivity contribution in [3.05, 3.63) is 23.5 Å². The van der Waals surface area contributed by atoms with Gasteiger partial charge in [0.1, 0.15) is 5.15 Å². The number of anilines is 1. The van der Waals surface area contributed by atoms with Crippen molar-refractivity contribution in [2.45, 2.75) is 44.8 Å². The number of halogens is 1. The number of ether oxygens (including phenoxy) is 1. The summed E-state index contributed by atoms with van der Waals surface area (Å²) in [6.07, 6.45) is 4.90. The van der Waals surface area contributed by atoms with Crippen LogP contribution in [0, 0.1) is 0 Å². The van der Waals surface area contributed by atoms with Gasteiger partial charge in [0.25, 0.3) is 0 Å². The van der Waals surface area contributed by atoms with Gasteiger partial charge in [-0.1, -0.05) is 18.5 Å². The van der Waals surface area contributed by atoms with Crippen LogP contribution in [-0.2, 0) is 4.74 Å². The first-order chi connectivity index (χ1) is 8.11. The van der Waals surface area contributed by atoms with Crippen LogP contribution in [0.3, 0.4) is 0 Å². The van der Waals surface area contributed by atoms with Gasteiger partial charge in [-0.25, -0.2) is 4.98 Å². The molecule has 3 nitrogen and oxygen atoms in total. The van der Waals surface area contributed by atoms with E-state index in [9.17, 15) is 0 Å². The van der Waals surface area contributed by atoms with Gasteiger partial charge >= 0.3 is 0 Å².